The Bertz CT molecular complexity index is 397. The van der Waals surface area contributed by atoms with Gasteiger partial charge < -0.3 is 4.57 Å². The molecule has 0 aliphatic rings. The molecule has 0 unspecified atom stereocenters. The highest BCUT2D eigenvalue weighted by Gasteiger charge is 2.04. The first kappa shape index (κ1) is 10.8. The van der Waals surface area contributed by atoms with Gasteiger partial charge in [0.15, 0.2) is 0 Å². The minimum atomic E-state index is 0.537. The van der Waals surface area contributed by atoms with Crippen LogP contribution in [0.4, 0.5) is 0 Å². The van der Waals surface area contributed by atoms with Crippen molar-refractivity contribution in [1.29, 1.82) is 0 Å². The Morgan fingerprint density at radius 3 is 2.57 bits per heavy atom. The summed E-state index contributed by atoms with van der Waals surface area (Å²) in [7, 11) is 1.80. The molecular formula is C12H18N2. The van der Waals surface area contributed by atoms with E-state index in [1.165, 1.54) is 11.1 Å². The lowest BCUT2D eigenvalue weighted by Gasteiger charge is -2.11. The van der Waals surface area contributed by atoms with Gasteiger partial charge in [-0.2, -0.15) is 0 Å². The molecule has 0 aliphatic carbocycles. The Balaban J connectivity index is 3.46. The summed E-state index contributed by atoms with van der Waals surface area (Å²) in [5.74, 6) is 0.537. The lowest BCUT2D eigenvalue weighted by atomic mass is 10.0. The lowest BCUT2D eigenvalue weighted by molar-refractivity contribution is 0.832. The quantitative estimate of drug-likeness (QED) is 0.682. The number of nitrogens with zero attached hydrogens (tertiary/aromatic N) is 2. The van der Waals surface area contributed by atoms with Gasteiger partial charge in [0.2, 0.25) is 0 Å². The zero-order valence-corrected chi connectivity index (χ0v) is 9.41. The van der Waals surface area contributed by atoms with E-state index in [4.69, 9.17) is 0 Å². The van der Waals surface area contributed by atoms with Crippen molar-refractivity contribution < 1.29 is 0 Å². The van der Waals surface area contributed by atoms with Gasteiger partial charge in [-0.05, 0) is 30.0 Å². The maximum atomic E-state index is 4.22. The highest BCUT2D eigenvalue weighted by Crippen LogP contribution is 2.16. The molecule has 0 aromatic carbocycles. The Morgan fingerprint density at radius 2 is 2.14 bits per heavy atom. The van der Waals surface area contributed by atoms with Gasteiger partial charge in [0.05, 0.1) is 0 Å². The molecule has 0 radical (unpaired) electrons. The Morgan fingerprint density at radius 1 is 1.50 bits per heavy atom. The van der Waals surface area contributed by atoms with Crippen LogP contribution in [0, 0.1) is 6.92 Å². The zero-order valence-electron chi connectivity index (χ0n) is 9.41. The van der Waals surface area contributed by atoms with Crippen molar-refractivity contribution in [3.05, 3.63) is 35.5 Å². The molecule has 1 rings (SSSR count). The number of aromatic nitrogens is 1. The Hall–Kier alpha value is -1.31. The molecule has 14 heavy (non-hydrogen) atoms. The van der Waals surface area contributed by atoms with Crippen molar-refractivity contribution in [3.8, 4) is 0 Å². The van der Waals surface area contributed by atoms with E-state index in [9.17, 15) is 0 Å². The average molecular weight is 190 g/mol. The fraction of sp³-hybridized carbons (Fsp3) is 0.417. The van der Waals surface area contributed by atoms with Crippen LogP contribution in [0.3, 0.4) is 0 Å². The first-order valence-corrected chi connectivity index (χ1v) is 4.88. The predicted molar refractivity (Wildman–Crippen MR) is 61.1 cm³/mol. The van der Waals surface area contributed by atoms with Gasteiger partial charge in [-0.3, -0.25) is 4.99 Å². The SMILES string of the molecule is C=Cn1cc(C)c(C(C)C)cc1=NC. The summed E-state index contributed by atoms with van der Waals surface area (Å²) in [6.45, 7) is 10.3. The minimum absolute atomic E-state index is 0.537. The first-order valence-electron chi connectivity index (χ1n) is 4.88. The summed E-state index contributed by atoms with van der Waals surface area (Å²) >= 11 is 0. The molecule has 0 aliphatic heterocycles. The molecule has 0 spiro atoms. The fourth-order valence-corrected chi connectivity index (χ4v) is 1.63. The third-order valence-electron chi connectivity index (χ3n) is 2.39. The molecule has 0 saturated heterocycles. The second-order valence-corrected chi connectivity index (χ2v) is 3.74. The summed E-state index contributed by atoms with van der Waals surface area (Å²) < 4.78 is 1.95. The summed E-state index contributed by atoms with van der Waals surface area (Å²) in [5, 5.41) is 0. The van der Waals surface area contributed by atoms with E-state index in [0.717, 1.165) is 5.49 Å². The first-order chi connectivity index (χ1) is 6.60. The van der Waals surface area contributed by atoms with Crippen LogP contribution in [-0.4, -0.2) is 11.6 Å². The van der Waals surface area contributed by atoms with Crippen LogP contribution in [0.25, 0.3) is 6.20 Å². The van der Waals surface area contributed by atoms with Crippen LogP contribution in [0.15, 0.2) is 23.8 Å². The number of hydrogen-bond donors (Lipinski definition) is 0. The van der Waals surface area contributed by atoms with Crippen molar-refractivity contribution >= 4 is 6.20 Å². The molecule has 1 aromatic rings. The predicted octanol–water partition coefficient (Wildman–Crippen LogP) is 2.55. The normalized spacial score (nSPS) is 12.2. The van der Waals surface area contributed by atoms with Crippen molar-refractivity contribution in [2.24, 2.45) is 4.99 Å². The summed E-state index contributed by atoms with van der Waals surface area (Å²) in [6.07, 6.45) is 3.85. The molecule has 76 valence electrons. The lowest BCUT2D eigenvalue weighted by Crippen LogP contribution is -2.18. The number of pyridine rings is 1. The number of hydrogen-bond acceptors (Lipinski definition) is 1. The second-order valence-electron chi connectivity index (χ2n) is 3.74. The van der Waals surface area contributed by atoms with E-state index in [-0.39, 0.29) is 0 Å². The monoisotopic (exact) mass is 190 g/mol. The van der Waals surface area contributed by atoms with E-state index in [0.29, 0.717) is 5.92 Å². The van der Waals surface area contributed by atoms with Gasteiger partial charge in [-0.15, -0.1) is 0 Å². The largest absolute Gasteiger partial charge is 0.309 e. The third-order valence-corrected chi connectivity index (χ3v) is 2.39. The van der Waals surface area contributed by atoms with E-state index in [1.807, 2.05) is 4.57 Å². The maximum Gasteiger partial charge on any atom is 0.131 e. The van der Waals surface area contributed by atoms with Crippen LogP contribution in [0.5, 0.6) is 0 Å². The van der Waals surface area contributed by atoms with E-state index in [2.05, 4.69) is 44.6 Å². The highest BCUT2D eigenvalue weighted by molar-refractivity contribution is 5.29. The molecule has 2 heteroatoms. The number of rotatable bonds is 2. The molecule has 1 aromatic heterocycles. The van der Waals surface area contributed by atoms with Crippen molar-refractivity contribution in [2.45, 2.75) is 26.7 Å². The van der Waals surface area contributed by atoms with Crippen LogP contribution in [0.1, 0.15) is 30.9 Å². The topological polar surface area (TPSA) is 17.3 Å². The fourth-order valence-electron chi connectivity index (χ4n) is 1.63. The smallest absolute Gasteiger partial charge is 0.131 e. The van der Waals surface area contributed by atoms with Crippen molar-refractivity contribution in [3.63, 3.8) is 0 Å². The van der Waals surface area contributed by atoms with Crippen LogP contribution in [0.2, 0.25) is 0 Å². The molecular weight excluding hydrogens is 172 g/mol. The summed E-state index contributed by atoms with van der Waals surface area (Å²) in [4.78, 5) is 4.22. The highest BCUT2D eigenvalue weighted by atomic mass is 15.0. The molecule has 2 nitrogen and oxygen atoms in total. The second kappa shape index (κ2) is 4.27. The zero-order chi connectivity index (χ0) is 10.7. The molecule has 0 bridgehead atoms. The Labute approximate surface area is 85.6 Å². The van der Waals surface area contributed by atoms with Gasteiger partial charge in [0.1, 0.15) is 5.49 Å². The average Bonchev–Trinajstić information content (AvgIpc) is 2.16. The third kappa shape index (κ3) is 1.95. The van der Waals surface area contributed by atoms with Gasteiger partial charge in [-0.25, -0.2) is 0 Å². The summed E-state index contributed by atoms with van der Waals surface area (Å²) in [5.41, 5.74) is 3.59. The van der Waals surface area contributed by atoms with E-state index in [1.54, 1.807) is 13.2 Å². The minimum Gasteiger partial charge on any atom is -0.309 e. The van der Waals surface area contributed by atoms with Gasteiger partial charge in [0.25, 0.3) is 0 Å². The summed E-state index contributed by atoms with van der Waals surface area (Å²) in [6, 6.07) is 2.13. The maximum absolute atomic E-state index is 4.22. The standard InChI is InChI=1S/C12H18N2/c1-6-14-8-10(4)11(9(2)3)7-12(14)13-5/h6-9H,1H2,2-5H3. The van der Waals surface area contributed by atoms with Crippen molar-refractivity contribution in [2.75, 3.05) is 7.05 Å². The van der Waals surface area contributed by atoms with Crippen LogP contribution >= 0.6 is 0 Å². The van der Waals surface area contributed by atoms with Gasteiger partial charge in [-0.1, -0.05) is 20.4 Å². The van der Waals surface area contributed by atoms with E-state index >= 15 is 0 Å². The molecule has 0 saturated carbocycles. The van der Waals surface area contributed by atoms with Gasteiger partial charge >= 0.3 is 0 Å². The molecule has 0 N–H and O–H groups in total. The van der Waals surface area contributed by atoms with Crippen LogP contribution in [-0.2, 0) is 0 Å². The molecule has 0 amide bonds. The van der Waals surface area contributed by atoms with Gasteiger partial charge in [0, 0.05) is 19.4 Å². The van der Waals surface area contributed by atoms with Crippen LogP contribution < -0.4 is 5.49 Å². The number of aryl methyl sites for hydroxylation is 1. The molecule has 1 heterocycles. The molecule has 0 atom stereocenters. The van der Waals surface area contributed by atoms with E-state index < -0.39 is 0 Å². The van der Waals surface area contributed by atoms with Crippen molar-refractivity contribution in [1.82, 2.24) is 4.57 Å². The Kier molecular flexibility index (Phi) is 3.28. The molecule has 0 fully saturated rings.